The van der Waals surface area contributed by atoms with Gasteiger partial charge in [-0.2, -0.15) is 5.10 Å². The number of hydrogen-bond donors (Lipinski definition) is 1. The number of carbonyl (C=O) groups is 1. The Hall–Kier alpha value is -2.30. The van der Waals surface area contributed by atoms with Gasteiger partial charge in [-0.25, -0.2) is 4.79 Å². The zero-order valence-electron chi connectivity index (χ0n) is 11.0. The van der Waals surface area contributed by atoms with Gasteiger partial charge in [-0.1, -0.05) is 12.1 Å². The fourth-order valence-corrected chi connectivity index (χ4v) is 2.12. The number of aromatic carboxylic acids is 1. The van der Waals surface area contributed by atoms with Crippen LogP contribution in [0.2, 0.25) is 0 Å². The first-order valence-electron chi connectivity index (χ1n) is 6.72. The van der Waals surface area contributed by atoms with Crippen molar-refractivity contribution in [3.8, 4) is 5.75 Å². The summed E-state index contributed by atoms with van der Waals surface area (Å²) in [6, 6.07) is 8.70. The standard InChI is InChI=1S/C15H16N2O3/c18-15(19)12-3-1-2-4-14(12)20-10-9-17-8-7-13(16-17)11-5-6-11/h1-4,7-8,11H,5-6,9-10H2,(H,18,19). The van der Waals surface area contributed by atoms with Crippen molar-refractivity contribution in [2.45, 2.75) is 25.3 Å². The highest BCUT2D eigenvalue weighted by Crippen LogP contribution is 2.38. The normalized spacial score (nSPS) is 14.2. The summed E-state index contributed by atoms with van der Waals surface area (Å²) in [6.07, 6.45) is 4.42. The van der Waals surface area contributed by atoms with Crippen LogP contribution in [0.15, 0.2) is 36.5 Å². The van der Waals surface area contributed by atoms with Gasteiger partial charge in [0.25, 0.3) is 0 Å². The highest BCUT2D eigenvalue weighted by Gasteiger charge is 2.25. The molecule has 1 saturated carbocycles. The number of carboxylic acids is 1. The highest BCUT2D eigenvalue weighted by atomic mass is 16.5. The van der Waals surface area contributed by atoms with E-state index >= 15 is 0 Å². The molecule has 0 unspecified atom stereocenters. The van der Waals surface area contributed by atoms with E-state index in [1.807, 2.05) is 16.9 Å². The smallest absolute Gasteiger partial charge is 0.339 e. The third-order valence-corrected chi connectivity index (χ3v) is 3.35. The summed E-state index contributed by atoms with van der Waals surface area (Å²) in [4.78, 5) is 11.0. The van der Waals surface area contributed by atoms with Crippen LogP contribution in [0.25, 0.3) is 0 Å². The molecule has 5 heteroatoms. The Morgan fingerprint density at radius 2 is 2.15 bits per heavy atom. The number of rotatable bonds is 6. The van der Waals surface area contributed by atoms with Crippen LogP contribution < -0.4 is 4.74 Å². The van der Waals surface area contributed by atoms with E-state index in [4.69, 9.17) is 9.84 Å². The second-order valence-electron chi connectivity index (χ2n) is 4.93. The van der Waals surface area contributed by atoms with Crippen molar-refractivity contribution in [2.24, 2.45) is 0 Å². The number of nitrogens with zero attached hydrogens (tertiary/aromatic N) is 2. The van der Waals surface area contributed by atoms with E-state index in [-0.39, 0.29) is 5.56 Å². The Bertz CT molecular complexity index is 617. The van der Waals surface area contributed by atoms with E-state index in [0.717, 1.165) is 5.69 Å². The molecule has 0 bridgehead atoms. The predicted molar refractivity (Wildman–Crippen MR) is 73.1 cm³/mol. The van der Waals surface area contributed by atoms with Gasteiger partial charge in [-0.3, -0.25) is 4.68 Å². The molecule has 0 radical (unpaired) electrons. The van der Waals surface area contributed by atoms with Gasteiger partial charge in [0, 0.05) is 12.1 Å². The third-order valence-electron chi connectivity index (χ3n) is 3.35. The van der Waals surface area contributed by atoms with Crippen molar-refractivity contribution in [2.75, 3.05) is 6.61 Å². The first-order valence-corrected chi connectivity index (χ1v) is 6.72. The van der Waals surface area contributed by atoms with Crippen molar-refractivity contribution in [1.29, 1.82) is 0 Å². The van der Waals surface area contributed by atoms with Gasteiger partial charge in [0.05, 0.1) is 12.2 Å². The van der Waals surface area contributed by atoms with Crippen molar-refractivity contribution in [3.05, 3.63) is 47.8 Å². The van der Waals surface area contributed by atoms with Crippen molar-refractivity contribution < 1.29 is 14.6 Å². The zero-order chi connectivity index (χ0) is 13.9. The molecule has 104 valence electrons. The number of ether oxygens (including phenoxy) is 1. The summed E-state index contributed by atoms with van der Waals surface area (Å²) in [5.41, 5.74) is 1.34. The average Bonchev–Trinajstić information content (AvgIpc) is 3.19. The quantitative estimate of drug-likeness (QED) is 0.877. The zero-order valence-corrected chi connectivity index (χ0v) is 11.0. The number of para-hydroxylation sites is 1. The van der Waals surface area contributed by atoms with E-state index in [1.165, 1.54) is 18.9 Å². The van der Waals surface area contributed by atoms with Gasteiger partial charge < -0.3 is 9.84 Å². The largest absolute Gasteiger partial charge is 0.491 e. The molecule has 2 aromatic rings. The third kappa shape index (κ3) is 2.82. The van der Waals surface area contributed by atoms with E-state index in [2.05, 4.69) is 5.10 Å². The summed E-state index contributed by atoms with van der Waals surface area (Å²) in [6.45, 7) is 1.01. The number of carboxylic acid groups (broad SMARTS) is 1. The van der Waals surface area contributed by atoms with Crippen LogP contribution in [0, 0.1) is 0 Å². The van der Waals surface area contributed by atoms with Crippen LogP contribution in [0.1, 0.15) is 34.8 Å². The van der Waals surface area contributed by atoms with Crippen LogP contribution in [0.3, 0.4) is 0 Å². The lowest BCUT2D eigenvalue weighted by molar-refractivity contribution is 0.0692. The average molecular weight is 272 g/mol. The van der Waals surface area contributed by atoms with E-state index < -0.39 is 5.97 Å². The van der Waals surface area contributed by atoms with Crippen LogP contribution >= 0.6 is 0 Å². The second kappa shape index (κ2) is 5.36. The highest BCUT2D eigenvalue weighted by molar-refractivity contribution is 5.90. The van der Waals surface area contributed by atoms with E-state index in [9.17, 15) is 4.79 Å². The molecule has 0 saturated heterocycles. The van der Waals surface area contributed by atoms with Gasteiger partial charge in [-0.05, 0) is 31.0 Å². The maximum atomic E-state index is 11.0. The Kier molecular flexibility index (Phi) is 3.41. The first-order chi connectivity index (χ1) is 9.74. The number of aromatic nitrogens is 2. The lowest BCUT2D eigenvalue weighted by Crippen LogP contribution is -2.11. The maximum absolute atomic E-state index is 11.0. The Morgan fingerprint density at radius 1 is 1.35 bits per heavy atom. The molecular formula is C15H16N2O3. The van der Waals surface area contributed by atoms with E-state index in [1.54, 1.807) is 18.2 Å². The summed E-state index contributed by atoms with van der Waals surface area (Å²) in [5, 5.41) is 13.5. The monoisotopic (exact) mass is 272 g/mol. The molecule has 0 atom stereocenters. The number of hydrogen-bond acceptors (Lipinski definition) is 3. The summed E-state index contributed by atoms with van der Waals surface area (Å²) in [5.74, 6) is 0.0650. The molecule has 1 aliphatic rings. The molecule has 3 rings (SSSR count). The van der Waals surface area contributed by atoms with Crippen LogP contribution in [-0.4, -0.2) is 27.5 Å². The summed E-state index contributed by atoms with van der Waals surface area (Å²) in [7, 11) is 0. The van der Waals surface area contributed by atoms with Crippen molar-refractivity contribution in [1.82, 2.24) is 9.78 Å². The van der Waals surface area contributed by atoms with Gasteiger partial charge in [0.2, 0.25) is 0 Å². The van der Waals surface area contributed by atoms with Gasteiger partial charge in [0.1, 0.15) is 17.9 Å². The molecular weight excluding hydrogens is 256 g/mol. The molecule has 1 heterocycles. The molecule has 0 amide bonds. The fourth-order valence-electron chi connectivity index (χ4n) is 2.12. The molecule has 0 spiro atoms. The molecule has 5 nitrogen and oxygen atoms in total. The molecule has 1 aromatic carbocycles. The summed E-state index contributed by atoms with van der Waals surface area (Å²) >= 11 is 0. The SMILES string of the molecule is O=C(O)c1ccccc1OCCn1ccc(C2CC2)n1. The Balaban J connectivity index is 1.57. The molecule has 1 fully saturated rings. The van der Waals surface area contributed by atoms with Gasteiger partial charge >= 0.3 is 5.97 Å². The van der Waals surface area contributed by atoms with Crippen molar-refractivity contribution in [3.63, 3.8) is 0 Å². The summed E-state index contributed by atoms with van der Waals surface area (Å²) < 4.78 is 7.39. The minimum atomic E-state index is -0.976. The van der Waals surface area contributed by atoms with Gasteiger partial charge in [-0.15, -0.1) is 0 Å². The molecule has 1 aliphatic carbocycles. The van der Waals surface area contributed by atoms with Crippen LogP contribution in [0.4, 0.5) is 0 Å². The maximum Gasteiger partial charge on any atom is 0.339 e. The first kappa shape index (κ1) is 12.7. The Morgan fingerprint density at radius 3 is 2.90 bits per heavy atom. The number of benzene rings is 1. The molecule has 0 aliphatic heterocycles. The lowest BCUT2D eigenvalue weighted by Gasteiger charge is -2.08. The fraction of sp³-hybridized carbons (Fsp3) is 0.333. The van der Waals surface area contributed by atoms with Crippen molar-refractivity contribution >= 4 is 5.97 Å². The topological polar surface area (TPSA) is 64.3 Å². The van der Waals surface area contributed by atoms with Gasteiger partial charge in [0.15, 0.2) is 0 Å². The Labute approximate surface area is 116 Å². The molecule has 1 N–H and O–H groups in total. The molecule has 1 aromatic heterocycles. The second-order valence-corrected chi connectivity index (χ2v) is 4.93. The van der Waals surface area contributed by atoms with Crippen LogP contribution in [0.5, 0.6) is 5.75 Å². The van der Waals surface area contributed by atoms with Crippen LogP contribution in [-0.2, 0) is 6.54 Å². The minimum absolute atomic E-state index is 0.187. The lowest BCUT2D eigenvalue weighted by atomic mass is 10.2. The predicted octanol–water partition coefficient (Wildman–Crippen LogP) is 2.54. The minimum Gasteiger partial charge on any atom is -0.491 e. The molecule has 20 heavy (non-hydrogen) atoms. The van der Waals surface area contributed by atoms with E-state index in [0.29, 0.717) is 24.8 Å².